The molecule has 0 saturated carbocycles. The van der Waals surface area contributed by atoms with Crippen LogP contribution < -0.4 is 0 Å². The summed E-state index contributed by atoms with van der Waals surface area (Å²) in [5.41, 5.74) is 2.07. The molecule has 0 spiro atoms. The largest absolute Gasteiger partial charge is 0.369 e. The first kappa shape index (κ1) is 10.7. The fourth-order valence-corrected chi connectivity index (χ4v) is 1.73. The zero-order valence-corrected chi connectivity index (χ0v) is 9.22. The van der Waals surface area contributed by atoms with Crippen LogP contribution in [0.3, 0.4) is 0 Å². The summed E-state index contributed by atoms with van der Waals surface area (Å²) in [7, 11) is 0. The van der Waals surface area contributed by atoms with Gasteiger partial charge >= 0.3 is 0 Å². The van der Waals surface area contributed by atoms with Gasteiger partial charge in [-0.05, 0) is 31.0 Å². The van der Waals surface area contributed by atoms with Crippen molar-refractivity contribution in [2.24, 2.45) is 0 Å². The first-order valence-electron chi connectivity index (χ1n) is 4.89. The molecular formula is C12H12ClFO. The van der Waals surface area contributed by atoms with Gasteiger partial charge in [-0.1, -0.05) is 29.3 Å². The number of halogens is 2. The molecule has 0 amide bonds. The van der Waals surface area contributed by atoms with Crippen LogP contribution in [0.1, 0.15) is 25.0 Å². The lowest BCUT2D eigenvalue weighted by molar-refractivity contribution is 0.0615. The molecule has 0 aromatic heterocycles. The molecule has 0 aliphatic carbocycles. The summed E-state index contributed by atoms with van der Waals surface area (Å²) >= 11 is 5.62. The Balaban J connectivity index is 2.20. The van der Waals surface area contributed by atoms with E-state index in [9.17, 15) is 4.39 Å². The molecule has 0 saturated heterocycles. The van der Waals surface area contributed by atoms with Crippen molar-refractivity contribution in [3.05, 3.63) is 46.3 Å². The number of hydrogen-bond donors (Lipinski definition) is 0. The van der Waals surface area contributed by atoms with E-state index in [1.54, 1.807) is 6.07 Å². The van der Waals surface area contributed by atoms with Crippen molar-refractivity contribution in [3.63, 3.8) is 0 Å². The molecule has 0 bridgehead atoms. The van der Waals surface area contributed by atoms with Crippen molar-refractivity contribution in [3.8, 4) is 0 Å². The maximum atomic E-state index is 13.2. The molecule has 1 unspecified atom stereocenters. The Labute approximate surface area is 93.5 Å². The summed E-state index contributed by atoms with van der Waals surface area (Å²) in [5.74, 6) is -0.385. The van der Waals surface area contributed by atoms with Crippen LogP contribution in [0.5, 0.6) is 0 Å². The summed E-state index contributed by atoms with van der Waals surface area (Å²) in [6, 6.07) is 4.83. The van der Waals surface area contributed by atoms with Gasteiger partial charge in [0.2, 0.25) is 0 Å². The second-order valence-corrected chi connectivity index (χ2v) is 4.17. The maximum Gasteiger partial charge on any atom is 0.142 e. The Bertz CT molecular complexity index is 401. The molecule has 0 fully saturated rings. The Morgan fingerprint density at radius 1 is 1.47 bits per heavy atom. The Morgan fingerprint density at radius 2 is 2.27 bits per heavy atom. The van der Waals surface area contributed by atoms with E-state index in [0.29, 0.717) is 6.61 Å². The summed E-state index contributed by atoms with van der Waals surface area (Å²) in [6.45, 7) is 2.65. The van der Waals surface area contributed by atoms with Gasteiger partial charge in [0.1, 0.15) is 5.82 Å². The highest BCUT2D eigenvalue weighted by molar-refractivity contribution is 6.30. The van der Waals surface area contributed by atoms with E-state index >= 15 is 0 Å². The molecule has 1 aromatic carbocycles. The predicted molar refractivity (Wildman–Crippen MR) is 58.5 cm³/mol. The fourth-order valence-electron chi connectivity index (χ4n) is 1.61. The Morgan fingerprint density at radius 3 is 2.87 bits per heavy atom. The molecule has 1 aromatic rings. The second-order valence-electron chi connectivity index (χ2n) is 3.76. The molecule has 15 heavy (non-hydrogen) atoms. The van der Waals surface area contributed by atoms with Gasteiger partial charge in [-0.25, -0.2) is 4.39 Å². The van der Waals surface area contributed by atoms with Gasteiger partial charge < -0.3 is 4.74 Å². The molecule has 3 heteroatoms. The predicted octanol–water partition coefficient (Wildman–Crippen LogP) is 3.89. The minimum absolute atomic E-state index is 0.0412. The zero-order valence-electron chi connectivity index (χ0n) is 8.47. The third kappa shape index (κ3) is 2.39. The van der Waals surface area contributed by atoms with Gasteiger partial charge in [-0.2, -0.15) is 0 Å². The van der Waals surface area contributed by atoms with Crippen LogP contribution in [0.15, 0.2) is 29.8 Å². The zero-order chi connectivity index (χ0) is 10.8. The quantitative estimate of drug-likeness (QED) is 0.661. The first-order chi connectivity index (χ1) is 7.16. The molecule has 2 rings (SSSR count). The molecule has 1 aliphatic heterocycles. The molecule has 0 N–H and O–H groups in total. The van der Waals surface area contributed by atoms with Gasteiger partial charge in [0, 0.05) is 0 Å². The topological polar surface area (TPSA) is 9.23 Å². The monoisotopic (exact) mass is 226 g/mol. The fraction of sp³-hybridized carbons (Fsp3) is 0.333. The van der Waals surface area contributed by atoms with E-state index in [1.165, 1.54) is 11.6 Å². The van der Waals surface area contributed by atoms with Crippen LogP contribution in [0.2, 0.25) is 5.02 Å². The van der Waals surface area contributed by atoms with Crippen molar-refractivity contribution in [2.45, 2.75) is 19.4 Å². The van der Waals surface area contributed by atoms with E-state index in [1.807, 2.05) is 13.0 Å². The van der Waals surface area contributed by atoms with Crippen LogP contribution >= 0.6 is 11.6 Å². The van der Waals surface area contributed by atoms with Crippen molar-refractivity contribution in [1.82, 2.24) is 0 Å². The van der Waals surface area contributed by atoms with E-state index in [-0.39, 0.29) is 16.9 Å². The van der Waals surface area contributed by atoms with Crippen LogP contribution in [0, 0.1) is 5.82 Å². The minimum atomic E-state index is -0.385. The normalized spacial score (nSPS) is 21.3. The first-order valence-corrected chi connectivity index (χ1v) is 5.27. The van der Waals surface area contributed by atoms with Crippen molar-refractivity contribution in [1.29, 1.82) is 0 Å². The lowest BCUT2D eigenvalue weighted by Crippen LogP contribution is -2.10. The lowest BCUT2D eigenvalue weighted by Gasteiger charge is -2.21. The second kappa shape index (κ2) is 4.33. The number of ether oxygens (including phenoxy) is 1. The van der Waals surface area contributed by atoms with Gasteiger partial charge in [0.15, 0.2) is 0 Å². The average Bonchev–Trinajstić information content (AvgIpc) is 2.23. The van der Waals surface area contributed by atoms with Gasteiger partial charge in [-0.15, -0.1) is 0 Å². The van der Waals surface area contributed by atoms with E-state index in [4.69, 9.17) is 16.3 Å². The summed E-state index contributed by atoms with van der Waals surface area (Å²) in [4.78, 5) is 0. The SMILES string of the molecule is CC1=CCC(c2ccc(Cl)c(F)c2)OC1. The third-order valence-electron chi connectivity index (χ3n) is 2.51. The molecule has 1 heterocycles. The molecule has 1 atom stereocenters. The van der Waals surface area contributed by atoms with Gasteiger partial charge in [0.05, 0.1) is 17.7 Å². The van der Waals surface area contributed by atoms with Crippen LogP contribution in [-0.2, 0) is 4.74 Å². The summed E-state index contributed by atoms with van der Waals surface area (Å²) in [5, 5.41) is 0.154. The third-order valence-corrected chi connectivity index (χ3v) is 2.81. The van der Waals surface area contributed by atoms with Crippen LogP contribution in [0.25, 0.3) is 0 Å². The van der Waals surface area contributed by atoms with Gasteiger partial charge in [0.25, 0.3) is 0 Å². The van der Waals surface area contributed by atoms with E-state index < -0.39 is 0 Å². The summed E-state index contributed by atoms with van der Waals surface area (Å²) < 4.78 is 18.8. The number of benzene rings is 1. The number of hydrogen-bond acceptors (Lipinski definition) is 1. The van der Waals surface area contributed by atoms with Crippen LogP contribution in [-0.4, -0.2) is 6.61 Å². The average molecular weight is 227 g/mol. The Kier molecular flexibility index (Phi) is 3.08. The molecule has 0 radical (unpaired) electrons. The van der Waals surface area contributed by atoms with E-state index in [2.05, 4.69) is 6.08 Å². The molecule has 1 aliphatic rings. The van der Waals surface area contributed by atoms with Crippen molar-refractivity contribution in [2.75, 3.05) is 6.61 Å². The molecular weight excluding hydrogens is 215 g/mol. The molecule has 1 nitrogen and oxygen atoms in total. The van der Waals surface area contributed by atoms with Crippen molar-refractivity contribution >= 4 is 11.6 Å². The lowest BCUT2D eigenvalue weighted by atomic mass is 10.0. The molecule has 80 valence electrons. The highest BCUT2D eigenvalue weighted by Crippen LogP contribution is 2.28. The van der Waals surface area contributed by atoms with Crippen molar-refractivity contribution < 1.29 is 9.13 Å². The van der Waals surface area contributed by atoms with E-state index in [0.717, 1.165) is 12.0 Å². The minimum Gasteiger partial charge on any atom is -0.369 e. The van der Waals surface area contributed by atoms with Crippen LogP contribution in [0.4, 0.5) is 4.39 Å². The summed E-state index contributed by atoms with van der Waals surface area (Å²) in [6.07, 6.45) is 2.88. The standard InChI is InChI=1S/C12H12ClFO/c1-8-2-5-12(15-7-8)9-3-4-10(13)11(14)6-9/h2-4,6,12H,5,7H2,1H3. The highest BCUT2D eigenvalue weighted by atomic mass is 35.5. The van der Waals surface area contributed by atoms with Gasteiger partial charge in [-0.3, -0.25) is 0 Å². The maximum absolute atomic E-state index is 13.2. The number of rotatable bonds is 1. The Hall–Kier alpha value is -0.860. The smallest absolute Gasteiger partial charge is 0.142 e. The highest BCUT2D eigenvalue weighted by Gasteiger charge is 2.16.